The summed E-state index contributed by atoms with van der Waals surface area (Å²) in [6.45, 7) is 5.57. The summed E-state index contributed by atoms with van der Waals surface area (Å²) in [7, 11) is 0. The molecule has 0 aromatic carbocycles. The molecule has 3 nitrogen and oxygen atoms in total. The molecule has 0 bridgehead atoms. The highest BCUT2D eigenvalue weighted by Gasteiger charge is 1.89. The van der Waals surface area contributed by atoms with E-state index in [0.717, 1.165) is 12.8 Å². The predicted molar refractivity (Wildman–Crippen MR) is 47.4 cm³/mol. The number of hydrogen-bond acceptors (Lipinski definition) is 3. The molecule has 0 aliphatic carbocycles. The van der Waals surface area contributed by atoms with Gasteiger partial charge >= 0.3 is 5.97 Å². The van der Waals surface area contributed by atoms with Gasteiger partial charge in [0, 0.05) is 13.8 Å². The van der Waals surface area contributed by atoms with Crippen LogP contribution < -0.4 is 0 Å². The molecule has 0 fully saturated rings. The van der Waals surface area contributed by atoms with Crippen LogP contribution in [0.25, 0.3) is 0 Å². The van der Waals surface area contributed by atoms with Crippen molar-refractivity contribution in [3.8, 4) is 6.07 Å². The first-order chi connectivity index (χ1) is 5.68. The van der Waals surface area contributed by atoms with Gasteiger partial charge in [0.15, 0.2) is 0 Å². The fourth-order valence-corrected chi connectivity index (χ4v) is 0.568. The fourth-order valence-electron chi connectivity index (χ4n) is 0.568. The average Bonchev–Trinajstić information content (AvgIpc) is 1.99. The number of ether oxygens (including phenoxy) is 1. The molecule has 0 amide bonds. The molecule has 0 aromatic heterocycles. The minimum absolute atomic E-state index is 0.175. The zero-order valence-electron chi connectivity index (χ0n) is 8.09. The number of carbonyl (C=O) groups is 1. The molecule has 0 heterocycles. The van der Waals surface area contributed by atoms with E-state index in [1.54, 1.807) is 6.07 Å². The molecule has 70 valence electrons. The third kappa shape index (κ3) is 23.1. The van der Waals surface area contributed by atoms with Crippen LogP contribution in [0.2, 0.25) is 0 Å². The van der Waals surface area contributed by atoms with E-state index in [9.17, 15) is 4.79 Å². The van der Waals surface area contributed by atoms with E-state index < -0.39 is 0 Å². The maximum absolute atomic E-state index is 10.2. The van der Waals surface area contributed by atoms with E-state index in [-0.39, 0.29) is 5.97 Å². The molecule has 0 spiro atoms. The van der Waals surface area contributed by atoms with E-state index in [4.69, 9.17) is 10.00 Å². The second kappa shape index (κ2) is 12.6. The Morgan fingerprint density at radius 2 is 2.00 bits per heavy atom. The van der Waals surface area contributed by atoms with Crippen molar-refractivity contribution in [1.82, 2.24) is 0 Å². The Labute approximate surface area is 74.3 Å². The summed E-state index contributed by atoms with van der Waals surface area (Å²) in [5, 5.41) is 7.32. The Bertz CT molecular complexity index is 138. The van der Waals surface area contributed by atoms with Crippen molar-refractivity contribution in [3.63, 3.8) is 0 Å². The zero-order chi connectivity index (χ0) is 9.82. The number of nitrogens with zero attached hydrogens (tertiary/aromatic N) is 1. The van der Waals surface area contributed by atoms with Crippen molar-refractivity contribution in [2.45, 2.75) is 40.0 Å². The summed E-state index contributed by atoms with van der Waals surface area (Å²) in [5.74, 6) is -0.175. The Morgan fingerprint density at radius 3 is 2.33 bits per heavy atom. The summed E-state index contributed by atoms with van der Waals surface area (Å²) in [6, 6.07) is 1.75. The van der Waals surface area contributed by atoms with Crippen molar-refractivity contribution in [2.24, 2.45) is 0 Å². The Hall–Kier alpha value is -1.04. The minimum Gasteiger partial charge on any atom is -0.466 e. The molecule has 12 heavy (non-hydrogen) atoms. The van der Waals surface area contributed by atoms with Gasteiger partial charge in [-0.15, -0.1) is 0 Å². The predicted octanol–water partition coefficient (Wildman–Crippen LogP) is 2.27. The second-order valence-corrected chi connectivity index (χ2v) is 2.27. The topological polar surface area (TPSA) is 50.1 Å². The van der Waals surface area contributed by atoms with Gasteiger partial charge < -0.3 is 4.74 Å². The molecule has 0 aliphatic heterocycles. The summed E-state index contributed by atoms with van der Waals surface area (Å²) in [6.07, 6.45) is 3.31. The summed E-state index contributed by atoms with van der Waals surface area (Å²) < 4.78 is 4.70. The molecule has 0 unspecified atom stereocenters. The van der Waals surface area contributed by atoms with Crippen molar-refractivity contribution in [1.29, 1.82) is 5.26 Å². The molecule has 0 rings (SSSR count). The van der Waals surface area contributed by atoms with Gasteiger partial charge in [0.05, 0.1) is 12.7 Å². The Kier molecular flexibility index (Phi) is 14.2. The van der Waals surface area contributed by atoms with E-state index in [2.05, 4.69) is 6.92 Å². The lowest BCUT2D eigenvalue weighted by molar-refractivity contribution is -0.141. The van der Waals surface area contributed by atoms with Gasteiger partial charge in [0.2, 0.25) is 0 Å². The van der Waals surface area contributed by atoms with E-state index in [1.165, 1.54) is 20.3 Å². The van der Waals surface area contributed by atoms with E-state index in [1.807, 2.05) is 0 Å². The van der Waals surface area contributed by atoms with Crippen LogP contribution in [0.1, 0.15) is 40.0 Å². The van der Waals surface area contributed by atoms with Crippen LogP contribution in [0.3, 0.4) is 0 Å². The highest BCUT2D eigenvalue weighted by Crippen LogP contribution is 1.93. The summed E-state index contributed by atoms with van der Waals surface area (Å²) in [4.78, 5) is 10.2. The number of rotatable bonds is 4. The third-order valence-corrected chi connectivity index (χ3v) is 1.05. The zero-order valence-corrected chi connectivity index (χ0v) is 8.09. The number of nitriles is 1. The first-order valence-electron chi connectivity index (χ1n) is 4.13. The van der Waals surface area contributed by atoms with Crippen LogP contribution >= 0.6 is 0 Å². The largest absolute Gasteiger partial charge is 0.466 e. The normalized spacial score (nSPS) is 7.50. The number of hydrogen-bond donors (Lipinski definition) is 0. The van der Waals surface area contributed by atoms with E-state index in [0.29, 0.717) is 6.61 Å². The van der Waals surface area contributed by atoms with Crippen LogP contribution in [0.4, 0.5) is 0 Å². The molecule has 3 heteroatoms. The van der Waals surface area contributed by atoms with Gasteiger partial charge in [-0.05, 0) is 6.42 Å². The molecule has 0 saturated heterocycles. The highest BCUT2D eigenvalue weighted by molar-refractivity contribution is 5.65. The monoisotopic (exact) mass is 171 g/mol. The molecule has 0 atom stereocenters. The van der Waals surface area contributed by atoms with Crippen molar-refractivity contribution in [3.05, 3.63) is 0 Å². The van der Waals surface area contributed by atoms with Gasteiger partial charge in [-0.1, -0.05) is 19.8 Å². The standard InChI is InChI=1S/C7H14O2.C2H3N/c1-3-4-5-6-9-7(2)8;1-2-3/h3-6H2,1-2H3;1H3. The number of esters is 1. The molecule has 0 saturated carbocycles. The minimum atomic E-state index is -0.175. The smallest absolute Gasteiger partial charge is 0.302 e. The lowest BCUT2D eigenvalue weighted by atomic mass is 10.3. The number of carbonyl (C=O) groups excluding carboxylic acids is 1. The lowest BCUT2D eigenvalue weighted by Crippen LogP contribution is -1.99. The fraction of sp³-hybridized carbons (Fsp3) is 0.778. The second-order valence-electron chi connectivity index (χ2n) is 2.27. The van der Waals surface area contributed by atoms with Gasteiger partial charge in [0.25, 0.3) is 0 Å². The summed E-state index contributed by atoms with van der Waals surface area (Å²) in [5.41, 5.74) is 0. The lowest BCUT2D eigenvalue weighted by Gasteiger charge is -1.98. The Morgan fingerprint density at radius 1 is 1.50 bits per heavy atom. The van der Waals surface area contributed by atoms with E-state index >= 15 is 0 Å². The van der Waals surface area contributed by atoms with Crippen LogP contribution in [-0.2, 0) is 9.53 Å². The SMILES string of the molecule is CC#N.CCCCCOC(C)=O. The van der Waals surface area contributed by atoms with Crippen molar-refractivity contribution >= 4 is 5.97 Å². The van der Waals surface area contributed by atoms with Crippen LogP contribution in [0.5, 0.6) is 0 Å². The molecule has 0 aromatic rings. The summed E-state index contributed by atoms with van der Waals surface area (Å²) >= 11 is 0. The Balaban J connectivity index is 0. The first-order valence-corrected chi connectivity index (χ1v) is 4.13. The maximum atomic E-state index is 10.2. The molecule has 0 radical (unpaired) electrons. The average molecular weight is 171 g/mol. The van der Waals surface area contributed by atoms with Crippen molar-refractivity contribution in [2.75, 3.05) is 6.61 Å². The quantitative estimate of drug-likeness (QED) is 0.481. The van der Waals surface area contributed by atoms with Crippen LogP contribution in [-0.4, -0.2) is 12.6 Å². The number of unbranched alkanes of at least 4 members (excludes halogenated alkanes) is 2. The highest BCUT2D eigenvalue weighted by atomic mass is 16.5. The molecule has 0 aliphatic rings. The molecular weight excluding hydrogens is 154 g/mol. The molecule has 0 N–H and O–H groups in total. The van der Waals surface area contributed by atoms with Gasteiger partial charge in [-0.3, -0.25) is 4.79 Å². The van der Waals surface area contributed by atoms with Crippen molar-refractivity contribution < 1.29 is 9.53 Å². The van der Waals surface area contributed by atoms with Gasteiger partial charge in [-0.25, -0.2) is 0 Å². The maximum Gasteiger partial charge on any atom is 0.302 e. The third-order valence-electron chi connectivity index (χ3n) is 1.05. The van der Waals surface area contributed by atoms with Gasteiger partial charge in [0.1, 0.15) is 0 Å². The molecular formula is C9H17NO2. The van der Waals surface area contributed by atoms with Crippen LogP contribution in [0, 0.1) is 11.3 Å². The van der Waals surface area contributed by atoms with Crippen LogP contribution in [0.15, 0.2) is 0 Å². The first kappa shape index (κ1) is 13.5. The van der Waals surface area contributed by atoms with Gasteiger partial charge in [-0.2, -0.15) is 5.26 Å².